The van der Waals surface area contributed by atoms with E-state index >= 15 is 0 Å². The van der Waals surface area contributed by atoms with Crippen LogP contribution in [0.2, 0.25) is 0 Å². The fourth-order valence-corrected chi connectivity index (χ4v) is 2.13. The number of hydrogen-bond acceptors (Lipinski definition) is 3. The largest absolute Gasteiger partial charge is 0.416 e. The molecule has 0 aromatic heterocycles. The van der Waals surface area contributed by atoms with Crippen molar-refractivity contribution < 1.29 is 18.3 Å². The summed E-state index contributed by atoms with van der Waals surface area (Å²) in [6.45, 7) is -0.0200. The van der Waals surface area contributed by atoms with E-state index in [4.69, 9.17) is 10.4 Å². The summed E-state index contributed by atoms with van der Waals surface area (Å²) >= 11 is 1.14. The summed E-state index contributed by atoms with van der Waals surface area (Å²) in [5, 5.41) is 17.4. The molecule has 0 unspecified atom stereocenters. The molecule has 1 N–H and O–H groups in total. The Morgan fingerprint density at radius 3 is 2.59 bits per heavy atom. The zero-order valence-electron chi connectivity index (χ0n) is 8.79. The Kier molecular flexibility index (Phi) is 4.85. The second-order valence-electron chi connectivity index (χ2n) is 3.25. The van der Waals surface area contributed by atoms with E-state index in [2.05, 4.69) is 0 Å². The molecule has 0 aliphatic heterocycles. The monoisotopic (exact) mass is 261 g/mol. The number of benzene rings is 1. The average molecular weight is 261 g/mol. The number of rotatable bonds is 4. The van der Waals surface area contributed by atoms with Crippen LogP contribution in [0.1, 0.15) is 17.5 Å². The van der Waals surface area contributed by atoms with Crippen molar-refractivity contribution >= 4 is 11.8 Å². The molecular formula is C11H10F3NOS. The summed E-state index contributed by atoms with van der Waals surface area (Å²) in [4.78, 5) is 0.302. The molecule has 92 valence electrons. The Bertz CT molecular complexity index is 426. The predicted octanol–water partition coefficient (Wildman–Crippen LogP) is 3.05. The lowest BCUT2D eigenvalue weighted by atomic mass is 10.1. The zero-order valence-corrected chi connectivity index (χ0v) is 9.61. The third kappa shape index (κ3) is 3.95. The van der Waals surface area contributed by atoms with Crippen LogP contribution in [0.25, 0.3) is 0 Å². The maximum atomic E-state index is 12.5. The smallest absolute Gasteiger partial charge is 0.396 e. The molecular weight excluding hydrogens is 251 g/mol. The van der Waals surface area contributed by atoms with E-state index in [0.29, 0.717) is 17.1 Å². The second-order valence-corrected chi connectivity index (χ2v) is 4.38. The van der Waals surface area contributed by atoms with Gasteiger partial charge in [0.15, 0.2) is 0 Å². The molecule has 17 heavy (non-hydrogen) atoms. The highest BCUT2D eigenvalue weighted by molar-refractivity contribution is 7.99. The molecule has 1 aromatic carbocycles. The minimum Gasteiger partial charge on any atom is -0.396 e. The molecule has 0 saturated heterocycles. The minimum atomic E-state index is -4.40. The van der Waals surface area contributed by atoms with Crippen molar-refractivity contribution in [3.8, 4) is 6.07 Å². The van der Waals surface area contributed by atoms with E-state index in [9.17, 15) is 13.2 Å². The van der Waals surface area contributed by atoms with Crippen LogP contribution in [0.5, 0.6) is 0 Å². The first-order valence-corrected chi connectivity index (χ1v) is 5.82. The molecule has 1 rings (SSSR count). The van der Waals surface area contributed by atoms with Gasteiger partial charge in [0.05, 0.1) is 11.1 Å². The van der Waals surface area contributed by atoms with Gasteiger partial charge in [-0.15, -0.1) is 11.8 Å². The van der Waals surface area contributed by atoms with Crippen LogP contribution in [-0.2, 0) is 6.18 Å². The van der Waals surface area contributed by atoms with E-state index in [1.54, 1.807) is 0 Å². The molecule has 0 bridgehead atoms. The molecule has 0 aliphatic carbocycles. The van der Waals surface area contributed by atoms with E-state index in [-0.39, 0.29) is 12.2 Å². The van der Waals surface area contributed by atoms with Crippen LogP contribution in [0.4, 0.5) is 13.2 Å². The van der Waals surface area contributed by atoms with Gasteiger partial charge in [-0.2, -0.15) is 18.4 Å². The van der Waals surface area contributed by atoms with Crippen molar-refractivity contribution in [2.75, 3.05) is 12.4 Å². The highest BCUT2D eigenvalue weighted by Crippen LogP contribution is 2.33. The topological polar surface area (TPSA) is 44.0 Å². The zero-order chi connectivity index (χ0) is 12.9. The van der Waals surface area contributed by atoms with E-state index in [0.717, 1.165) is 23.9 Å². The fraction of sp³-hybridized carbons (Fsp3) is 0.364. The lowest BCUT2D eigenvalue weighted by Gasteiger charge is -2.09. The molecule has 1 aromatic rings. The number of halogens is 3. The van der Waals surface area contributed by atoms with Gasteiger partial charge in [-0.1, -0.05) is 0 Å². The average Bonchev–Trinajstić information content (AvgIpc) is 2.28. The van der Waals surface area contributed by atoms with Crippen LogP contribution in [0, 0.1) is 11.3 Å². The standard InChI is InChI=1S/C11H10F3NOS/c12-11(13,14)9-3-2-8(7-15)10(6-9)17-5-1-4-16/h2-3,6,16H,1,4-5H2. The summed E-state index contributed by atoms with van der Waals surface area (Å²) in [6, 6.07) is 4.89. The fourth-order valence-electron chi connectivity index (χ4n) is 1.16. The number of aliphatic hydroxyl groups is 1. The summed E-state index contributed by atoms with van der Waals surface area (Å²) < 4.78 is 37.4. The van der Waals surface area contributed by atoms with Gasteiger partial charge in [0.2, 0.25) is 0 Å². The number of nitrogens with zero attached hydrogens (tertiary/aromatic N) is 1. The third-order valence-electron chi connectivity index (χ3n) is 1.99. The highest BCUT2D eigenvalue weighted by atomic mass is 32.2. The van der Waals surface area contributed by atoms with Crippen molar-refractivity contribution in [1.29, 1.82) is 5.26 Å². The number of thioether (sulfide) groups is 1. The summed E-state index contributed by atoms with van der Waals surface area (Å²) in [7, 11) is 0. The van der Waals surface area contributed by atoms with E-state index < -0.39 is 11.7 Å². The molecule has 0 fully saturated rings. The first-order chi connectivity index (χ1) is 7.99. The first kappa shape index (κ1) is 13.9. The van der Waals surface area contributed by atoms with Gasteiger partial charge in [0.1, 0.15) is 6.07 Å². The molecule has 0 amide bonds. The van der Waals surface area contributed by atoms with Gasteiger partial charge in [0.25, 0.3) is 0 Å². The van der Waals surface area contributed by atoms with Gasteiger partial charge in [-0.25, -0.2) is 0 Å². The van der Waals surface area contributed by atoms with Crippen molar-refractivity contribution in [2.24, 2.45) is 0 Å². The van der Waals surface area contributed by atoms with Gasteiger partial charge in [-0.3, -0.25) is 0 Å². The normalized spacial score (nSPS) is 11.2. The van der Waals surface area contributed by atoms with Crippen LogP contribution in [-0.4, -0.2) is 17.5 Å². The summed E-state index contributed by atoms with van der Waals surface area (Å²) in [5.41, 5.74) is -0.538. The first-order valence-electron chi connectivity index (χ1n) is 4.84. The van der Waals surface area contributed by atoms with E-state index in [1.807, 2.05) is 6.07 Å². The highest BCUT2D eigenvalue weighted by Gasteiger charge is 2.31. The molecule has 0 aliphatic rings. The van der Waals surface area contributed by atoms with Crippen molar-refractivity contribution in [3.05, 3.63) is 29.3 Å². The van der Waals surface area contributed by atoms with Crippen molar-refractivity contribution in [3.63, 3.8) is 0 Å². The molecule has 0 heterocycles. The lowest BCUT2D eigenvalue weighted by molar-refractivity contribution is -0.137. The number of alkyl halides is 3. The number of nitriles is 1. The van der Waals surface area contributed by atoms with Gasteiger partial charge in [0, 0.05) is 17.3 Å². The lowest BCUT2D eigenvalue weighted by Crippen LogP contribution is -2.05. The maximum Gasteiger partial charge on any atom is 0.416 e. The van der Waals surface area contributed by atoms with E-state index in [1.165, 1.54) is 6.07 Å². The summed E-state index contributed by atoms with van der Waals surface area (Å²) in [6.07, 6.45) is -3.92. The molecule has 0 radical (unpaired) electrons. The second kappa shape index (κ2) is 5.94. The molecule has 0 saturated carbocycles. The number of hydrogen-bond donors (Lipinski definition) is 1. The Morgan fingerprint density at radius 2 is 2.06 bits per heavy atom. The molecule has 0 atom stereocenters. The van der Waals surface area contributed by atoms with Crippen molar-refractivity contribution in [1.82, 2.24) is 0 Å². The van der Waals surface area contributed by atoms with Crippen LogP contribution in [0.3, 0.4) is 0 Å². The summed E-state index contributed by atoms with van der Waals surface area (Å²) in [5.74, 6) is 0.479. The van der Waals surface area contributed by atoms with Gasteiger partial charge >= 0.3 is 6.18 Å². The predicted molar refractivity (Wildman–Crippen MR) is 58.6 cm³/mol. The Balaban J connectivity index is 2.96. The van der Waals surface area contributed by atoms with Crippen LogP contribution >= 0.6 is 11.8 Å². The molecule has 2 nitrogen and oxygen atoms in total. The minimum absolute atomic E-state index is 0.0200. The quantitative estimate of drug-likeness (QED) is 0.669. The number of aliphatic hydroxyl groups excluding tert-OH is 1. The Hall–Kier alpha value is -1.19. The Labute approximate surface area is 101 Å². The maximum absolute atomic E-state index is 12.5. The third-order valence-corrected chi connectivity index (χ3v) is 3.13. The molecule has 6 heteroatoms. The van der Waals surface area contributed by atoms with Crippen LogP contribution < -0.4 is 0 Å². The van der Waals surface area contributed by atoms with Gasteiger partial charge < -0.3 is 5.11 Å². The van der Waals surface area contributed by atoms with Gasteiger partial charge in [-0.05, 0) is 24.6 Å². The Morgan fingerprint density at radius 1 is 1.35 bits per heavy atom. The molecule has 0 spiro atoms. The van der Waals surface area contributed by atoms with Crippen LogP contribution in [0.15, 0.2) is 23.1 Å². The van der Waals surface area contributed by atoms with Crippen molar-refractivity contribution in [2.45, 2.75) is 17.5 Å². The SMILES string of the molecule is N#Cc1ccc(C(F)(F)F)cc1SCCCO.